The molecule has 1 aliphatic heterocycles. The predicted molar refractivity (Wildman–Crippen MR) is 132 cm³/mol. The van der Waals surface area contributed by atoms with Gasteiger partial charge in [-0.1, -0.05) is 110 Å². The van der Waals surface area contributed by atoms with Gasteiger partial charge in [0.1, 0.15) is 10.7 Å². The van der Waals surface area contributed by atoms with Crippen LogP contribution in [0.5, 0.6) is 0 Å². The molecule has 0 atom stereocenters. The van der Waals surface area contributed by atoms with Crippen LogP contribution in [0.15, 0.2) is 100 Å². The van der Waals surface area contributed by atoms with E-state index in [0.717, 1.165) is 16.0 Å². The van der Waals surface area contributed by atoms with Gasteiger partial charge >= 0.3 is 5.97 Å². The lowest BCUT2D eigenvalue weighted by atomic mass is 9.81. The summed E-state index contributed by atoms with van der Waals surface area (Å²) in [4.78, 5) is 14.7. The van der Waals surface area contributed by atoms with E-state index in [1.54, 1.807) is 0 Å². The molecule has 5 rings (SSSR count). The summed E-state index contributed by atoms with van der Waals surface area (Å²) in [6, 6.07) is 27.7. The Bertz CT molecular complexity index is 1110. The second kappa shape index (κ2) is 9.48. The van der Waals surface area contributed by atoms with Gasteiger partial charge in [0.15, 0.2) is 5.60 Å². The zero-order valence-corrected chi connectivity index (χ0v) is 19.4. The second-order valence-electron chi connectivity index (χ2n) is 8.88. The van der Waals surface area contributed by atoms with Crippen LogP contribution in [-0.2, 0) is 15.1 Å². The summed E-state index contributed by atoms with van der Waals surface area (Å²) in [7, 11) is 0. The van der Waals surface area contributed by atoms with Gasteiger partial charge in [0.2, 0.25) is 0 Å². The lowest BCUT2D eigenvalue weighted by molar-refractivity contribution is -0.154. The minimum Gasteiger partial charge on any atom is -0.511 e. The third-order valence-corrected chi connectivity index (χ3v) is 7.99. The maximum Gasteiger partial charge on any atom is 0.349 e. The zero-order chi connectivity index (χ0) is 22.7. The van der Waals surface area contributed by atoms with E-state index in [0.29, 0.717) is 10.8 Å². The molecule has 3 aromatic carbocycles. The highest BCUT2D eigenvalue weighted by atomic mass is 32.2. The van der Waals surface area contributed by atoms with E-state index in [1.165, 1.54) is 49.4 Å². The number of benzene rings is 3. The van der Waals surface area contributed by atoms with Crippen molar-refractivity contribution < 1.29 is 14.6 Å². The van der Waals surface area contributed by atoms with Gasteiger partial charge in [-0.25, -0.2) is 4.79 Å². The van der Waals surface area contributed by atoms with Crippen LogP contribution < -0.4 is 0 Å². The molecule has 3 nitrogen and oxygen atoms in total. The van der Waals surface area contributed by atoms with Crippen LogP contribution in [0.25, 0.3) is 0 Å². The molecule has 0 spiro atoms. The van der Waals surface area contributed by atoms with E-state index in [1.807, 2.05) is 66.7 Å². The lowest BCUT2D eigenvalue weighted by Crippen LogP contribution is -2.38. The topological polar surface area (TPSA) is 46.5 Å². The van der Waals surface area contributed by atoms with Crippen LogP contribution in [0.3, 0.4) is 0 Å². The summed E-state index contributed by atoms with van der Waals surface area (Å²) < 4.78 is 6.21. The Labute approximate surface area is 199 Å². The molecule has 2 aliphatic rings. The fourth-order valence-electron chi connectivity index (χ4n) is 5.11. The van der Waals surface area contributed by atoms with Crippen molar-refractivity contribution in [3.63, 3.8) is 0 Å². The second-order valence-corrected chi connectivity index (χ2v) is 9.93. The van der Waals surface area contributed by atoms with E-state index >= 15 is 0 Å². The molecule has 168 valence electrons. The van der Waals surface area contributed by atoms with Gasteiger partial charge in [0.25, 0.3) is 0 Å². The van der Waals surface area contributed by atoms with Crippen LogP contribution in [0.4, 0.5) is 0 Å². The average molecular weight is 457 g/mol. The number of carbonyl (C=O) groups excluding carboxylic acids is 1. The van der Waals surface area contributed by atoms with Gasteiger partial charge in [-0.3, -0.25) is 0 Å². The first kappa shape index (κ1) is 21.8. The van der Waals surface area contributed by atoms with Crippen LogP contribution in [0.1, 0.15) is 61.1 Å². The number of thioether (sulfide) groups is 1. The van der Waals surface area contributed by atoms with Gasteiger partial charge in [0.05, 0.1) is 6.42 Å². The van der Waals surface area contributed by atoms with Crippen molar-refractivity contribution in [3.05, 3.63) is 112 Å². The van der Waals surface area contributed by atoms with E-state index in [-0.39, 0.29) is 12.2 Å². The van der Waals surface area contributed by atoms with E-state index < -0.39 is 11.6 Å². The number of cyclic esters (lactones) is 1. The molecule has 3 aromatic rings. The lowest BCUT2D eigenvalue weighted by Gasteiger charge is -2.38. The molecule has 33 heavy (non-hydrogen) atoms. The number of hydrogen-bond donors (Lipinski definition) is 1. The van der Waals surface area contributed by atoms with E-state index in [9.17, 15) is 9.90 Å². The molecule has 0 bridgehead atoms. The van der Waals surface area contributed by atoms with Gasteiger partial charge in [-0.2, -0.15) is 0 Å². The number of aliphatic hydroxyl groups excluding tert-OH is 1. The Morgan fingerprint density at radius 1 is 0.788 bits per heavy atom. The van der Waals surface area contributed by atoms with Gasteiger partial charge in [-0.15, -0.1) is 0 Å². The van der Waals surface area contributed by atoms with Crippen LogP contribution in [0.2, 0.25) is 0 Å². The molecule has 0 amide bonds. The normalized spacial score (nSPS) is 18.7. The molecular formula is C29H28O3S. The minimum absolute atomic E-state index is 0.0856. The maximum absolute atomic E-state index is 13.4. The SMILES string of the molecule is O=C1OC(c2ccccc2)(c2ccccc2)CC(O)=C1Sc1ccccc1C1CCCCC1. The van der Waals surface area contributed by atoms with Crippen molar-refractivity contribution in [3.8, 4) is 0 Å². The molecular weight excluding hydrogens is 428 g/mol. The maximum atomic E-state index is 13.4. The number of esters is 1. The molecule has 0 aromatic heterocycles. The van der Waals surface area contributed by atoms with E-state index in [2.05, 4.69) is 18.2 Å². The van der Waals surface area contributed by atoms with Crippen molar-refractivity contribution in [2.24, 2.45) is 0 Å². The Hall–Kier alpha value is -2.98. The van der Waals surface area contributed by atoms with Crippen molar-refractivity contribution >= 4 is 17.7 Å². The highest BCUT2D eigenvalue weighted by Crippen LogP contribution is 2.47. The largest absolute Gasteiger partial charge is 0.511 e. The summed E-state index contributed by atoms with van der Waals surface area (Å²) in [5.41, 5.74) is 1.93. The summed E-state index contributed by atoms with van der Waals surface area (Å²) in [5.74, 6) is 0.120. The van der Waals surface area contributed by atoms with Gasteiger partial charge < -0.3 is 9.84 Å². The monoisotopic (exact) mass is 456 g/mol. The highest BCUT2D eigenvalue weighted by Gasteiger charge is 2.45. The Kier molecular flexibility index (Phi) is 6.28. The number of ether oxygens (including phenoxy) is 1. The zero-order valence-electron chi connectivity index (χ0n) is 18.6. The standard InChI is InChI=1S/C29H28O3S/c30-25-20-29(22-14-6-2-7-15-22,23-16-8-3-9-17-23)32-28(31)27(25)33-26-19-11-10-18-24(26)21-12-4-1-5-13-21/h2-3,6-11,14-19,21,30H,1,4-5,12-13,20H2. The summed E-state index contributed by atoms with van der Waals surface area (Å²) in [6.07, 6.45) is 6.36. The summed E-state index contributed by atoms with van der Waals surface area (Å²) in [5, 5.41) is 11.2. The molecule has 1 heterocycles. The molecule has 1 N–H and O–H groups in total. The average Bonchev–Trinajstić information content (AvgIpc) is 2.88. The quantitative estimate of drug-likeness (QED) is 0.404. The molecule has 0 radical (unpaired) electrons. The number of rotatable bonds is 5. The van der Waals surface area contributed by atoms with Gasteiger partial charge in [0, 0.05) is 16.0 Å². The first-order chi connectivity index (χ1) is 16.2. The number of aliphatic hydroxyl groups is 1. The minimum atomic E-state index is -1.05. The van der Waals surface area contributed by atoms with Crippen LogP contribution in [0, 0.1) is 0 Å². The summed E-state index contributed by atoms with van der Waals surface area (Å²) in [6.45, 7) is 0. The predicted octanol–water partition coefficient (Wildman–Crippen LogP) is 7.49. The van der Waals surface area contributed by atoms with Gasteiger partial charge in [-0.05, 0) is 30.4 Å². The van der Waals surface area contributed by atoms with Crippen molar-refractivity contribution in [2.75, 3.05) is 0 Å². The number of hydrogen-bond acceptors (Lipinski definition) is 4. The molecule has 1 fully saturated rings. The molecule has 0 saturated heterocycles. The summed E-state index contributed by atoms with van der Waals surface area (Å²) >= 11 is 1.35. The third-order valence-electron chi connectivity index (χ3n) is 6.79. The fourth-order valence-corrected chi connectivity index (χ4v) is 6.15. The highest BCUT2D eigenvalue weighted by molar-refractivity contribution is 8.04. The first-order valence-corrected chi connectivity index (χ1v) is 12.5. The number of carbonyl (C=O) groups is 1. The smallest absolute Gasteiger partial charge is 0.349 e. The Morgan fingerprint density at radius 3 is 1.97 bits per heavy atom. The first-order valence-electron chi connectivity index (χ1n) is 11.7. The third kappa shape index (κ3) is 4.32. The molecule has 1 aliphatic carbocycles. The molecule has 4 heteroatoms. The van der Waals surface area contributed by atoms with Crippen LogP contribution >= 0.6 is 11.8 Å². The van der Waals surface area contributed by atoms with Crippen molar-refractivity contribution in [2.45, 2.75) is 54.9 Å². The Morgan fingerprint density at radius 2 is 1.36 bits per heavy atom. The Balaban J connectivity index is 1.51. The molecule has 0 unspecified atom stereocenters. The van der Waals surface area contributed by atoms with Crippen LogP contribution in [-0.4, -0.2) is 11.1 Å². The van der Waals surface area contributed by atoms with Crippen molar-refractivity contribution in [1.82, 2.24) is 0 Å². The fraction of sp³-hybridized carbons (Fsp3) is 0.276. The van der Waals surface area contributed by atoms with Crippen molar-refractivity contribution in [1.29, 1.82) is 0 Å². The van der Waals surface area contributed by atoms with E-state index in [4.69, 9.17) is 4.74 Å². The molecule has 1 saturated carbocycles.